The van der Waals surface area contributed by atoms with E-state index in [4.69, 9.17) is 4.74 Å². The predicted octanol–water partition coefficient (Wildman–Crippen LogP) is 3.01. The number of benzene rings is 1. The molecule has 0 unspecified atom stereocenters. The number of aromatic nitrogens is 4. The van der Waals surface area contributed by atoms with Crippen molar-refractivity contribution in [2.24, 2.45) is 11.8 Å². The van der Waals surface area contributed by atoms with E-state index < -0.39 is 0 Å². The van der Waals surface area contributed by atoms with Crippen molar-refractivity contribution in [3.05, 3.63) is 66.6 Å². The molecule has 3 aromatic rings. The van der Waals surface area contributed by atoms with Gasteiger partial charge < -0.3 is 9.64 Å². The molecule has 1 saturated heterocycles. The SMILES string of the molecule is CO[C@@H]1C[C@H]2CN(C(=O)Cc3ccncc3)C[C@H]2C[C@H]1n1cc(-c2ccccc2)nn1. The third-order valence-corrected chi connectivity index (χ3v) is 6.76. The number of ether oxygens (including phenoxy) is 1. The summed E-state index contributed by atoms with van der Waals surface area (Å²) in [6, 6.07) is 14.1. The van der Waals surface area contributed by atoms with E-state index in [1.807, 2.05) is 58.2 Å². The Hall–Kier alpha value is -3.06. The standard InChI is InChI=1S/C24H27N5O2/c1-31-23-13-20-15-28(24(30)11-17-7-9-25-10-8-17)14-19(20)12-22(23)29-16-21(26-27-29)18-5-3-2-4-6-18/h2-10,16,19-20,22-23H,11-15H2,1H3/t19-,20+,22-,23-/m1/s1. The minimum absolute atomic E-state index is 0.0711. The second-order valence-corrected chi connectivity index (χ2v) is 8.61. The van der Waals surface area contributed by atoms with E-state index in [1.54, 1.807) is 19.5 Å². The van der Waals surface area contributed by atoms with Gasteiger partial charge in [-0.1, -0.05) is 35.5 Å². The third kappa shape index (κ3) is 4.10. The molecule has 31 heavy (non-hydrogen) atoms. The maximum Gasteiger partial charge on any atom is 0.227 e. The number of carbonyl (C=O) groups excluding carboxylic acids is 1. The molecular weight excluding hydrogens is 390 g/mol. The number of carbonyl (C=O) groups is 1. The smallest absolute Gasteiger partial charge is 0.227 e. The first kappa shape index (κ1) is 19.9. The summed E-state index contributed by atoms with van der Waals surface area (Å²) in [6.45, 7) is 1.62. The molecule has 5 rings (SSSR count). The van der Waals surface area contributed by atoms with Crippen LogP contribution in [0.2, 0.25) is 0 Å². The Kier molecular flexibility index (Phi) is 5.51. The first-order valence-electron chi connectivity index (χ1n) is 10.9. The molecule has 7 nitrogen and oxygen atoms in total. The number of hydrogen-bond acceptors (Lipinski definition) is 5. The third-order valence-electron chi connectivity index (χ3n) is 6.76. The van der Waals surface area contributed by atoms with Crippen LogP contribution in [0.3, 0.4) is 0 Å². The Morgan fingerprint density at radius 3 is 2.55 bits per heavy atom. The summed E-state index contributed by atoms with van der Waals surface area (Å²) in [5.41, 5.74) is 2.95. The molecule has 1 aromatic carbocycles. The summed E-state index contributed by atoms with van der Waals surface area (Å²) in [5, 5.41) is 8.83. The van der Waals surface area contributed by atoms with Crippen molar-refractivity contribution in [3.63, 3.8) is 0 Å². The second kappa shape index (κ2) is 8.59. The minimum atomic E-state index is 0.0711. The Balaban J connectivity index is 1.29. The molecule has 0 bridgehead atoms. The molecule has 2 aromatic heterocycles. The van der Waals surface area contributed by atoms with Gasteiger partial charge >= 0.3 is 0 Å². The maximum absolute atomic E-state index is 12.9. The highest BCUT2D eigenvalue weighted by molar-refractivity contribution is 5.79. The summed E-state index contributed by atoms with van der Waals surface area (Å²) in [4.78, 5) is 18.9. The van der Waals surface area contributed by atoms with Crippen LogP contribution in [0.15, 0.2) is 61.1 Å². The molecule has 3 heterocycles. The van der Waals surface area contributed by atoms with Crippen LogP contribution < -0.4 is 0 Å². The van der Waals surface area contributed by atoms with E-state index in [1.165, 1.54) is 0 Å². The lowest BCUT2D eigenvalue weighted by molar-refractivity contribution is -0.129. The molecule has 7 heteroatoms. The zero-order chi connectivity index (χ0) is 21.2. The number of pyridine rings is 1. The molecule has 0 radical (unpaired) electrons. The van der Waals surface area contributed by atoms with Crippen molar-refractivity contribution < 1.29 is 9.53 Å². The molecule has 1 aliphatic carbocycles. The number of methoxy groups -OCH3 is 1. The van der Waals surface area contributed by atoms with Crippen LogP contribution in [-0.2, 0) is 16.0 Å². The van der Waals surface area contributed by atoms with Crippen molar-refractivity contribution in [2.75, 3.05) is 20.2 Å². The Morgan fingerprint density at radius 1 is 1.06 bits per heavy atom. The van der Waals surface area contributed by atoms with Crippen LogP contribution in [0.1, 0.15) is 24.4 Å². The fourth-order valence-electron chi connectivity index (χ4n) is 5.09. The van der Waals surface area contributed by atoms with Crippen LogP contribution in [-0.4, -0.2) is 57.1 Å². The number of amides is 1. The fraction of sp³-hybridized carbons (Fsp3) is 0.417. The number of likely N-dealkylation sites (tertiary alicyclic amines) is 1. The monoisotopic (exact) mass is 417 g/mol. The summed E-state index contributed by atoms with van der Waals surface area (Å²) < 4.78 is 7.84. The fourth-order valence-corrected chi connectivity index (χ4v) is 5.09. The molecule has 2 fully saturated rings. The summed E-state index contributed by atoms with van der Waals surface area (Å²) >= 11 is 0. The van der Waals surface area contributed by atoms with E-state index in [0.29, 0.717) is 18.3 Å². The van der Waals surface area contributed by atoms with Gasteiger partial charge in [-0.25, -0.2) is 4.68 Å². The Morgan fingerprint density at radius 2 is 1.81 bits per heavy atom. The van der Waals surface area contributed by atoms with Crippen molar-refractivity contribution in [2.45, 2.75) is 31.4 Å². The lowest BCUT2D eigenvalue weighted by atomic mass is 9.77. The molecule has 1 aliphatic heterocycles. The highest BCUT2D eigenvalue weighted by Crippen LogP contribution is 2.42. The zero-order valence-electron chi connectivity index (χ0n) is 17.7. The first-order valence-corrected chi connectivity index (χ1v) is 10.9. The van der Waals surface area contributed by atoms with E-state index in [2.05, 4.69) is 15.3 Å². The summed E-state index contributed by atoms with van der Waals surface area (Å²) in [5.74, 6) is 1.13. The molecule has 4 atom stereocenters. The number of fused-ring (bicyclic) bond motifs is 1. The van der Waals surface area contributed by atoms with E-state index in [-0.39, 0.29) is 18.1 Å². The predicted molar refractivity (Wildman–Crippen MR) is 116 cm³/mol. The van der Waals surface area contributed by atoms with Crippen LogP contribution in [0.25, 0.3) is 11.3 Å². The zero-order valence-corrected chi connectivity index (χ0v) is 17.7. The van der Waals surface area contributed by atoms with Crippen molar-refractivity contribution in [1.82, 2.24) is 24.9 Å². The van der Waals surface area contributed by atoms with Crippen molar-refractivity contribution >= 4 is 5.91 Å². The molecule has 160 valence electrons. The highest BCUT2D eigenvalue weighted by Gasteiger charge is 2.44. The van der Waals surface area contributed by atoms with E-state index in [9.17, 15) is 4.79 Å². The first-order chi connectivity index (χ1) is 15.2. The molecule has 1 amide bonds. The van der Waals surface area contributed by atoms with Crippen LogP contribution in [0, 0.1) is 11.8 Å². The van der Waals surface area contributed by atoms with Gasteiger partial charge in [0.15, 0.2) is 0 Å². The van der Waals surface area contributed by atoms with Gasteiger partial charge in [0.2, 0.25) is 5.91 Å². The van der Waals surface area contributed by atoms with Crippen LogP contribution in [0.4, 0.5) is 0 Å². The molecular formula is C24H27N5O2. The lowest BCUT2D eigenvalue weighted by Crippen LogP contribution is -2.37. The number of nitrogens with zero attached hydrogens (tertiary/aromatic N) is 5. The largest absolute Gasteiger partial charge is 0.379 e. The van der Waals surface area contributed by atoms with Gasteiger partial charge in [0.1, 0.15) is 5.69 Å². The normalized spacial score (nSPS) is 25.4. The van der Waals surface area contributed by atoms with Crippen LogP contribution >= 0.6 is 0 Å². The second-order valence-electron chi connectivity index (χ2n) is 8.61. The number of hydrogen-bond donors (Lipinski definition) is 0. The Bertz CT molecular complexity index is 1020. The maximum atomic E-state index is 12.9. The average Bonchev–Trinajstić information content (AvgIpc) is 3.46. The van der Waals surface area contributed by atoms with Gasteiger partial charge in [0.05, 0.1) is 24.8 Å². The Labute approximate surface area is 182 Å². The van der Waals surface area contributed by atoms with Gasteiger partial charge in [-0.2, -0.15) is 0 Å². The molecule has 0 spiro atoms. The number of rotatable bonds is 5. The quantitative estimate of drug-likeness (QED) is 0.638. The van der Waals surface area contributed by atoms with Gasteiger partial charge in [-0.15, -0.1) is 5.10 Å². The molecule has 0 N–H and O–H groups in total. The molecule has 2 aliphatic rings. The lowest BCUT2D eigenvalue weighted by Gasteiger charge is -2.36. The van der Waals surface area contributed by atoms with E-state index in [0.717, 1.165) is 42.8 Å². The molecule has 1 saturated carbocycles. The summed E-state index contributed by atoms with van der Waals surface area (Å²) in [6.07, 6.45) is 7.88. The average molecular weight is 418 g/mol. The van der Waals surface area contributed by atoms with E-state index >= 15 is 0 Å². The summed E-state index contributed by atoms with van der Waals surface area (Å²) in [7, 11) is 1.77. The van der Waals surface area contributed by atoms with Gasteiger partial charge in [-0.05, 0) is 42.4 Å². The minimum Gasteiger partial charge on any atom is -0.379 e. The highest BCUT2D eigenvalue weighted by atomic mass is 16.5. The van der Waals surface area contributed by atoms with Crippen LogP contribution in [0.5, 0.6) is 0 Å². The van der Waals surface area contributed by atoms with Crippen molar-refractivity contribution in [3.8, 4) is 11.3 Å². The van der Waals surface area contributed by atoms with Gasteiger partial charge in [0.25, 0.3) is 0 Å². The van der Waals surface area contributed by atoms with Gasteiger partial charge in [0, 0.05) is 38.2 Å². The van der Waals surface area contributed by atoms with Gasteiger partial charge in [-0.3, -0.25) is 9.78 Å². The topological polar surface area (TPSA) is 73.1 Å². The van der Waals surface area contributed by atoms with Crippen molar-refractivity contribution in [1.29, 1.82) is 0 Å².